The highest BCUT2D eigenvalue weighted by atomic mass is 79.9. The van der Waals surface area contributed by atoms with Crippen LogP contribution in [0.15, 0.2) is 54.6 Å². The van der Waals surface area contributed by atoms with Crippen molar-refractivity contribution in [3.05, 3.63) is 60.2 Å². The quantitative estimate of drug-likeness (QED) is 0.474. The molecule has 8 heteroatoms. The van der Waals surface area contributed by atoms with Crippen LogP contribution in [0.1, 0.15) is 12.0 Å². The van der Waals surface area contributed by atoms with Gasteiger partial charge in [-0.2, -0.15) is 11.8 Å². The summed E-state index contributed by atoms with van der Waals surface area (Å²) in [6.45, 7) is 0.497. The minimum Gasteiger partial charge on any atom is -0.309 e. The number of alkyl halides is 1. The number of halogens is 1. The molecule has 0 bridgehead atoms. The number of amides is 3. The van der Waals surface area contributed by atoms with Gasteiger partial charge >= 0.3 is 0 Å². The number of nitrogens with one attached hydrogen (secondary N) is 1. The maximum Gasteiger partial charge on any atom is 0.252 e. The van der Waals surface area contributed by atoms with Gasteiger partial charge in [0.1, 0.15) is 5.54 Å². The summed E-state index contributed by atoms with van der Waals surface area (Å²) in [5, 5.41) is 4.16. The van der Waals surface area contributed by atoms with E-state index in [-0.39, 0.29) is 23.8 Å². The van der Waals surface area contributed by atoms with Crippen molar-refractivity contribution in [2.45, 2.75) is 18.0 Å². The van der Waals surface area contributed by atoms with Gasteiger partial charge in [-0.15, -0.1) is 0 Å². The van der Waals surface area contributed by atoms with Gasteiger partial charge in [-0.3, -0.25) is 19.7 Å². The molecule has 3 aliphatic heterocycles. The topological polar surface area (TPSA) is 69.7 Å². The summed E-state index contributed by atoms with van der Waals surface area (Å²) in [7, 11) is 0. The fourth-order valence-electron chi connectivity index (χ4n) is 5.58. The molecule has 1 spiro atoms. The Balaban J connectivity index is 1.67. The number of nitrogens with zero attached hydrogens (tertiary/aromatic N) is 2. The molecule has 3 aliphatic rings. The van der Waals surface area contributed by atoms with Crippen molar-refractivity contribution in [2.24, 2.45) is 11.8 Å². The average molecular weight is 514 g/mol. The fourth-order valence-corrected chi connectivity index (χ4v) is 6.42. The van der Waals surface area contributed by atoms with Crippen LogP contribution in [0, 0.1) is 11.8 Å². The molecule has 5 rings (SSSR count). The molecule has 2 aromatic carbocycles. The van der Waals surface area contributed by atoms with Gasteiger partial charge in [-0.25, -0.2) is 4.90 Å². The normalized spacial score (nSPS) is 28.7. The molecule has 0 radical (unpaired) electrons. The largest absolute Gasteiger partial charge is 0.309 e. The monoisotopic (exact) mass is 513 g/mol. The van der Waals surface area contributed by atoms with Crippen LogP contribution in [0.5, 0.6) is 0 Å². The van der Waals surface area contributed by atoms with Gasteiger partial charge in [0.25, 0.3) is 5.91 Å². The SMILES string of the molecule is CSCC[C@@H]1N[C@]2(C(=O)N(CCBr)c3ccccc32)[C@@H]2C(=O)N(c3ccccc3)C(=O)[C@@H]12. The molecule has 2 aromatic rings. The number of para-hydroxylation sites is 2. The van der Waals surface area contributed by atoms with Crippen molar-refractivity contribution in [2.75, 3.05) is 33.7 Å². The van der Waals surface area contributed by atoms with E-state index >= 15 is 0 Å². The van der Waals surface area contributed by atoms with Crippen LogP contribution in [0.2, 0.25) is 0 Å². The van der Waals surface area contributed by atoms with Crippen LogP contribution >= 0.6 is 27.7 Å². The van der Waals surface area contributed by atoms with Crippen LogP contribution in [0.25, 0.3) is 0 Å². The molecule has 0 aromatic heterocycles. The Morgan fingerprint density at radius 3 is 2.47 bits per heavy atom. The molecule has 3 amide bonds. The minimum absolute atomic E-state index is 0.143. The summed E-state index contributed by atoms with van der Waals surface area (Å²) < 4.78 is 0. The van der Waals surface area contributed by atoms with Gasteiger partial charge in [-0.05, 0) is 36.6 Å². The highest BCUT2D eigenvalue weighted by Gasteiger charge is 2.71. The van der Waals surface area contributed by atoms with E-state index in [1.54, 1.807) is 28.8 Å². The highest BCUT2D eigenvalue weighted by Crippen LogP contribution is 2.55. The smallest absolute Gasteiger partial charge is 0.252 e. The summed E-state index contributed by atoms with van der Waals surface area (Å²) in [5.41, 5.74) is 0.950. The third kappa shape index (κ3) is 2.92. The van der Waals surface area contributed by atoms with Crippen molar-refractivity contribution in [1.82, 2.24) is 5.32 Å². The number of hydrogen-bond acceptors (Lipinski definition) is 5. The Morgan fingerprint density at radius 2 is 1.75 bits per heavy atom. The van der Waals surface area contributed by atoms with E-state index in [4.69, 9.17) is 0 Å². The molecule has 2 fully saturated rings. The Bertz CT molecular complexity index is 1080. The summed E-state index contributed by atoms with van der Waals surface area (Å²) >= 11 is 5.15. The van der Waals surface area contributed by atoms with Crippen LogP contribution < -0.4 is 15.1 Å². The molecule has 2 saturated heterocycles. The van der Waals surface area contributed by atoms with Crippen LogP contribution in [0.4, 0.5) is 11.4 Å². The summed E-state index contributed by atoms with van der Waals surface area (Å²) in [6.07, 6.45) is 2.73. The number of benzene rings is 2. The van der Waals surface area contributed by atoms with E-state index < -0.39 is 17.4 Å². The number of fused-ring (bicyclic) bond motifs is 4. The van der Waals surface area contributed by atoms with Gasteiger partial charge in [0.2, 0.25) is 11.8 Å². The van der Waals surface area contributed by atoms with E-state index in [9.17, 15) is 14.4 Å². The minimum atomic E-state index is -1.22. The average Bonchev–Trinajstić information content (AvgIpc) is 3.38. The maximum absolute atomic E-state index is 14.0. The van der Waals surface area contributed by atoms with Gasteiger partial charge < -0.3 is 4.90 Å². The second-order valence-corrected chi connectivity index (χ2v) is 10.1. The Hall–Kier alpha value is -2.16. The Morgan fingerprint density at radius 1 is 1.03 bits per heavy atom. The molecule has 6 nitrogen and oxygen atoms in total. The van der Waals surface area contributed by atoms with E-state index in [1.165, 1.54) is 4.90 Å². The lowest BCUT2D eigenvalue weighted by Gasteiger charge is -2.30. The number of carbonyl (C=O) groups is 3. The number of imide groups is 1. The molecule has 0 saturated carbocycles. The zero-order chi connectivity index (χ0) is 22.5. The van der Waals surface area contributed by atoms with Crippen molar-refractivity contribution < 1.29 is 14.4 Å². The highest BCUT2D eigenvalue weighted by molar-refractivity contribution is 9.09. The first-order valence-corrected chi connectivity index (χ1v) is 13.2. The first-order valence-electron chi connectivity index (χ1n) is 10.7. The molecule has 1 N–H and O–H groups in total. The predicted molar refractivity (Wildman–Crippen MR) is 130 cm³/mol. The lowest BCUT2D eigenvalue weighted by molar-refractivity contribution is -0.132. The summed E-state index contributed by atoms with van der Waals surface area (Å²) in [6, 6.07) is 16.4. The second-order valence-electron chi connectivity index (χ2n) is 8.35. The summed E-state index contributed by atoms with van der Waals surface area (Å²) in [4.78, 5) is 44.6. The number of carbonyl (C=O) groups excluding carboxylic acids is 3. The van der Waals surface area contributed by atoms with Crippen LogP contribution in [-0.2, 0) is 19.9 Å². The second kappa shape index (κ2) is 8.32. The molecule has 3 heterocycles. The van der Waals surface area contributed by atoms with Gasteiger partial charge in [0, 0.05) is 29.2 Å². The zero-order valence-electron chi connectivity index (χ0n) is 17.7. The first-order chi connectivity index (χ1) is 15.6. The van der Waals surface area contributed by atoms with Crippen LogP contribution in [-0.4, -0.2) is 47.6 Å². The van der Waals surface area contributed by atoms with Crippen molar-refractivity contribution in [3.63, 3.8) is 0 Å². The van der Waals surface area contributed by atoms with Gasteiger partial charge in [-0.1, -0.05) is 52.3 Å². The lowest BCUT2D eigenvalue weighted by Crippen LogP contribution is -2.55. The molecule has 4 atom stereocenters. The zero-order valence-corrected chi connectivity index (χ0v) is 20.1. The summed E-state index contributed by atoms with van der Waals surface area (Å²) in [5.74, 6) is -1.16. The number of rotatable bonds is 6. The Labute approximate surface area is 199 Å². The van der Waals surface area contributed by atoms with E-state index in [0.29, 0.717) is 24.0 Å². The standard InChI is InChI=1S/C24H24BrN3O3S/c1-32-14-11-17-19-20(22(30)28(21(19)29)15-7-3-2-4-8-15)24(26-17)16-9-5-6-10-18(16)27(13-12-25)23(24)31/h2-10,17,19-20,26H,11-14H2,1H3/t17-,19-,20-,24-/m0/s1. The molecule has 0 unspecified atom stereocenters. The van der Waals surface area contributed by atoms with Gasteiger partial charge in [0.05, 0.1) is 17.5 Å². The van der Waals surface area contributed by atoms with E-state index in [1.807, 2.05) is 48.7 Å². The van der Waals surface area contributed by atoms with E-state index in [2.05, 4.69) is 21.2 Å². The molecular formula is C24H24BrN3O3S. The van der Waals surface area contributed by atoms with Crippen molar-refractivity contribution >= 4 is 56.8 Å². The predicted octanol–water partition coefficient (Wildman–Crippen LogP) is 3.15. The van der Waals surface area contributed by atoms with Crippen LogP contribution in [0.3, 0.4) is 0 Å². The Kier molecular flexibility index (Phi) is 5.63. The molecule has 0 aliphatic carbocycles. The molecule has 166 valence electrons. The maximum atomic E-state index is 14.0. The van der Waals surface area contributed by atoms with Crippen molar-refractivity contribution in [3.8, 4) is 0 Å². The molecule has 32 heavy (non-hydrogen) atoms. The van der Waals surface area contributed by atoms with E-state index in [0.717, 1.165) is 17.0 Å². The number of hydrogen-bond donors (Lipinski definition) is 1. The number of thioether (sulfide) groups is 1. The lowest BCUT2D eigenvalue weighted by atomic mass is 9.76. The number of anilines is 2. The fraction of sp³-hybridized carbons (Fsp3) is 0.375. The molecular weight excluding hydrogens is 490 g/mol. The van der Waals surface area contributed by atoms with Gasteiger partial charge in [0.15, 0.2) is 0 Å². The third-order valence-corrected chi connectivity index (χ3v) is 7.82. The first kappa shape index (κ1) is 21.7. The third-order valence-electron chi connectivity index (χ3n) is 6.82. The van der Waals surface area contributed by atoms with Crippen molar-refractivity contribution in [1.29, 1.82) is 0 Å².